The summed E-state index contributed by atoms with van der Waals surface area (Å²) < 4.78 is 6.11. The van der Waals surface area contributed by atoms with E-state index in [1.165, 1.54) is 6.42 Å². The van der Waals surface area contributed by atoms with Crippen LogP contribution in [0.25, 0.3) is 0 Å². The van der Waals surface area contributed by atoms with E-state index in [4.69, 9.17) is 9.73 Å². The zero-order valence-corrected chi connectivity index (χ0v) is 19.4. The Balaban J connectivity index is 1.44. The van der Waals surface area contributed by atoms with Gasteiger partial charge in [0.15, 0.2) is 5.96 Å². The van der Waals surface area contributed by atoms with Crippen LogP contribution in [0.1, 0.15) is 65.5 Å². The molecule has 0 bridgehead atoms. The quantitative estimate of drug-likeness (QED) is 0.367. The fraction of sp³-hybridized carbons (Fsp3) is 0.750. The van der Waals surface area contributed by atoms with Crippen molar-refractivity contribution < 1.29 is 4.74 Å². The van der Waals surface area contributed by atoms with Crippen molar-refractivity contribution >= 4 is 5.96 Å². The molecule has 1 aromatic rings. The number of nitrogens with one attached hydrogen (secondary N) is 2. The molecule has 0 aromatic carbocycles. The fourth-order valence-electron chi connectivity index (χ4n) is 4.39. The van der Waals surface area contributed by atoms with Crippen LogP contribution in [0, 0.1) is 5.41 Å². The summed E-state index contributed by atoms with van der Waals surface area (Å²) >= 11 is 0. The van der Waals surface area contributed by atoms with Gasteiger partial charge in [0.25, 0.3) is 0 Å². The van der Waals surface area contributed by atoms with Crippen molar-refractivity contribution in [3.63, 3.8) is 0 Å². The van der Waals surface area contributed by atoms with Crippen LogP contribution >= 0.6 is 0 Å². The highest BCUT2D eigenvalue weighted by Crippen LogP contribution is 2.42. The fourth-order valence-corrected chi connectivity index (χ4v) is 4.39. The average molecular weight is 416 g/mol. The largest absolute Gasteiger partial charge is 0.378 e. The minimum atomic E-state index is 0.135. The Labute approximate surface area is 182 Å². The molecule has 1 saturated heterocycles. The third-order valence-electron chi connectivity index (χ3n) is 6.66. The highest BCUT2D eigenvalue weighted by atomic mass is 16.5. The number of hydrogen-bond donors (Lipinski definition) is 2. The lowest BCUT2D eigenvalue weighted by molar-refractivity contribution is -0.113. The lowest BCUT2D eigenvalue weighted by atomic mass is 9.64. The van der Waals surface area contributed by atoms with Crippen molar-refractivity contribution in [2.24, 2.45) is 10.4 Å². The third kappa shape index (κ3) is 6.17. The Morgan fingerprint density at radius 3 is 2.67 bits per heavy atom. The van der Waals surface area contributed by atoms with Crippen LogP contribution in [0.2, 0.25) is 0 Å². The van der Waals surface area contributed by atoms with Crippen molar-refractivity contribution in [3.05, 3.63) is 30.1 Å². The third-order valence-corrected chi connectivity index (χ3v) is 6.66. The summed E-state index contributed by atoms with van der Waals surface area (Å²) in [6.45, 7) is 13.7. The zero-order valence-electron chi connectivity index (χ0n) is 19.4. The number of aromatic nitrogens is 1. The molecule has 2 heterocycles. The number of rotatable bonds is 9. The molecule has 2 unspecified atom stereocenters. The van der Waals surface area contributed by atoms with Gasteiger partial charge in [-0.25, -0.2) is 0 Å². The Bertz CT molecular complexity index is 655. The Kier molecular flexibility index (Phi) is 8.51. The van der Waals surface area contributed by atoms with Gasteiger partial charge in [-0.2, -0.15) is 0 Å². The molecule has 3 rings (SSSR count). The summed E-state index contributed by atoms with van der Waals surface area (Å²) in [6.07, 6.45) is 7.88. The molecule has 168 valence electrons. The van der Waals surface area contributed by atoms with Gasteiger partial charge in [0.1, 0.15) is 0 Å². The molecule has 2 N–H and O–H groups in total. The van der Waals surface area contributed by atoms with E-state index in [-0.39, 0.29) is 5.41 Å². The van der Waals surface area contributed by atoms with Crippen LogP contribution < -0.4 is 10.6 Å². The first kappa shape index (κ1) is 23.0. The van der Waals surface area contributed by atoms with Gasteiger partial charge in [-0.15, -0.1) is 0 Å². The monoisotopic (exact) mass is 415 g/mol. The lowest BCUT2D eigenvalue weighted by Gasteiger charge is -2.52. The Hall–Kier alpha value is -1.66. The first-order valence-corrected chi connectivity index (χ1v) is 11.8. The summed E-state index contributed by atoms with van der Waals surface area (Å²) in [4.78, 5) is 11.7. The van der Waals surface area contributed by atoms with E-state index in [9.17, 15) is 0 Å². The van der Waals surface area contributed by atoms with Gasteiger partial charge in [-0.3, -0.25) is 14.9 Å². The molecule has 2 atom stereocenters. The number of aliphatic imine (C=N–C) groups is 1. The molecule has 1 aliphatic carbocycles. The molecule has 0 radical (unpaired) electrons. The summed E-state index contributed by atoms with van der Waals surface area (Å²) in [6, 6.07) is 7.04. The van der Waals surface area contributed by atoms with Gasteiger partial charge >= 0.3 is 0 Å². The minimum absolute atomic E-state index is 0.135. The molecule has 1 aliphatic heterocycles. The molecule has 0 amide bonds. The molecule has 0 spiro atoms. The second-order valence-corrected chi connectivity index (χ2v) is 9.31. The smallest absolute Gasteiger partial charge is 0.191 e. The van der Waals surface area contributed by atoms with E-state index in [1.807, 2.05) is 12.3 Å². The summed E-state index contributed by atoms with van der Waals surface area (Å²) in [5.74, 6) is 0.964. The second-order valence-electron chi connectivity index (χ2n) is 9.31. The Morgan fingerprint density at radius 2 is 2.03 bits per heavy atom. The SMILES string of the molecule is CCCCOC1CC(NC(=NCC)NC2CCN(Cc3ccccn3)CC2)C1(C)C. The van der Waals surface area contributed by atoms with Crippen molar-refractivity contribution in [1.29, 1.82) is 0 Å². The summed E-state index contributed by atoms with van der Waals surface area (Å²) in [5.41, 5.74) is 1.29. The van der Waals surface area contributed by atoms with Gasteiger partial charge in [0.2, 0.25) is 0 Å². The number of unbranched alkanes of at least 4 members (excludes halogenated alkanes) is 1. The molecular weight excluding hydrogens is 374 g/mol. The highest BCUT2D eigenvalue weighted by molar-refractivity contribution is 5.80. The molecule has 6 nitrogen and oxygen atoms in total. The van der Waals surface area contributed by atoms with E-state index in [0.29, 0.717) is 18.2 Å². The number of hydrogen-bond acceptors (Lipinski definition) is 4. The van der Waals surface area contributed by atoms with Gasteiger partial charge < -0.3 is 15.4 Å². The number of nitrogens with zero attached hydrogens (tertiary/aromatic N) is 3. The molecule has 2 aliphatic rings. The number of piperidine rings is 1. The van der Waals surface area contributed by atoms with Crippen LogP contribution in [0.4, 0.5) is 0 Å². The lowest BCUT2D eigenvalue weighted by Crippen LogP contribution is -2.64. The summed E-state index contributed by atoms with van der Waals surface area (Å²) in [7, 11) is 0. The van der Waals surface area contributed by atoms with E-state index in [2.05, 4.69) is 60.3 Å². The van der Waals surface area contributed by atoms with Crippen LogP contribution in [0.3, 0.4) is 0 Å². The maximum Gasteiger partial charge on any atom is 0.191 e. The number of likely N-dealkylation sites (tertiary alicyclic amines) is 1. The van der Waals surface area contributed by atoms with Gasteiger partial charge in [-0.05, 0) is 44.7 Å². The van der Waals surface area contributed by atoms with Crippen molar-refractivity contribution in [1.82, 2.24) is 20.5 Å². The maximum atomic E-state index is 6.11. The number of ether oxygens (including phenoxy) is 1. The first-order valence-electron chi connectivity index (χ1n) is 11.8. The molecular formula is C24H41N5O. The number of pyridine rings is 1. The van der Waals surface area contributed by atoms with E-state index in [1.54, 1.807) is 0 Å². The van der Waals surface area contributed by atoms with E-state index in [0.717, 1.165) is 70.1 Å². The van der Waals surface area contributed by atoms with Gasteiger partial charge in [-0.1, -0.05) is 33.3 Å². The average Bonchev–Trinajstić information content (AvgIpc) is 2.75. The van der Waals surface area contributed by atoms with Crippen molar-refractivity contribution in [3.8, 4) is 0 Å². The number of guanidine groups is 1. The molecule has 1 saturated carbocycles. The molecule has 30 heavy (non-hydrogen) atoms. The molecule has 1 aromatic heterocycles. The molecule has 6 heteroatoms. The van der Waals surface area contributed by atoms with Crippen molar-refractivity contribution in [2.45, 2.75) is 84.5 Å². The zero-order chi connectivity index (χ0) is 21.4. The van der Waals surface area contributed by atoms with Crippen LogP contribution in [0.15, 0.2) is 29.4 Å². The normalized spacial score (nSPS) is 25.0. The predicted octanol–water partition coefficient (Wildman–Crippen LogP) is 3.58. The van der Waals surface area contributed by atoms with Crippen LogP contribution in [-0.4, -0.2) is 60.3 Å². The van der Waals surface area contributed by atoms with Gasteiger partial charge in [0, 0.05) is 56.5 Å². The van der Waals surface area contributed by atoms with E-state index >= 15 is 0 Å². The first-order chi connectivity index (χ1) is 14.5. The van der Waals surface area contributed by atoms with Crippen LogP contribution in [-0.2, 0) is 11.3 Å². The maximum absolute atomic E-state index is 6.11. The van der Waals surface area contributed by atoms with Crippen LogP contribution in [0.5, 0.6) is 0 Å². The van der Waals surface area contributed by atoms with Crippen molar-refractivity contribution in [2.75, 3.05) is 26.2 Å². The minimum Gasteiger partial charge on any atom is -0.378 e. The van der Waals surface area contributed by atoms with E-state index < -0.39 is 0 Å². The standard InChI is InChI=1S/C24H41N5O/c1-5-7-16-30-22-17-21(24(22,3)4)28-23(25-6-2)27-19-11-14-29(15-12-19)18-20-10-8-9-13-26-20/h8-10,13,19,21-22H,5-7,11-12,14-18H2,1-4H3,(H2,25,27,28). The topological polar surface area (TPSA) is 61.8 Å². The predicted molar refractivity (Wildman–Crippen MR) is 124 cm³/mol. The van der Waals surface area contributed by atoms with Gasteiger partial charge in [0.05, 0.1) is 11.8 Å². The highest BCUT2D eigenvalue weighted by Gasteiger charge is 2.49. The Morgan fingerprint density at radius 1 is 1.23 bits per heavy atom. The second kappa shape index (κ2) is 11.1. The summed E-state index contributed by atoms with van der Waals surface area (Å²) in [5, 5.41) is 7.40. The molecule has 2 fully saturated rings.